The second kappa shape index (κ2) is 4.61. The van der Waals surface area contributed by atoms with Crippen LogP contribution < -0.4 is 10.5 Å². The predicted octanol–water partition coefficient (Wildman–Crippen LogP) is 0.797. The molecule has 1 aromatic rings. The van der Waals surface area contributed by atoms with Gasteiger partial charge in [-0.25, -0.2) is 0 Å². The summed E-state index contributed by atoms with van der Waals surface area (Å²) in [6, 6.07) is 7.87. The molecule has 3 rings (SSSR count). The molecular formula is C14H18N2O2. The van der Waals surface area contributed by atoms with Crippen molar-refractivity contribution in [1.82, 2.24) is 4.90 Å². The Balaban J connectivity index is 1.66. The van der Waals surface area contributed by atoms with E-state index in [0.717, 1.165) is 30.8 Å². The number of nitrogens with two attached hydrogens (primary N) is 1. The van der Waals surface area contributed by atoms with E-state index >= 15 is 0 Å². The van der Waals surface area contributed by atoms with E-state index in [1.165, 1.54) is 0 Å². The number of rotatable bonds is 2. The molecule has 0 saturated carbocycles. The van der Waals surface area contributed by atoms with E-state index in [0.29, 0.717) is 18.9 Å². The summed E-state index contributed by atoms with van der Waals surface area (Å²) in [6.45, 7) is 2.26. The lowest BCUT2D eigenvalue weighted by Crippen LogP contribution is -2.40. The van der Waals surface area contributed by atoms with Crippen molar-refractivity contribution in [3.8, 4) is 5.75 Å². The average molecular weight is 246 g/mol. The van der Waals surface area contributed by atoms with Crippen LogP contribution in [0.25, 0.3) is 0 Å². The largest absolute Gasteiger partial charge is 0.480 e. The topological polar surface area (TPSA) is 55.6 Å². The zero-order chi connectivity index (χ0) is 12.5. The summed E-state index contributed by atoms with van der Waals surface area (Å²) in [7, 11) is 0. The molecule has 2 atom stereocenters. The molecule has 1 aromatic carbocycles. The van der Waals surface area contributed by atoms with E-state index in [9.17, 15) is 4.79 Å². The lowest BCUT2D eigenvalue weighted by Gasteiger charge is -2.20. The predicted molar refractivity (Wildman–Crippen MR) is 68.3 cm³/mol. The number of benzene rings is 1. The van der Waals surface area contributed by atoms with Crippen molar-refractivity contribution in [2.24, 2.45) is 11.7 Å². The first-order chi connectivity index (χ1) is 8.78. The maximum absolute atomic E-state index is 12.3. The molecule has 0 aromatic heterocycles. The zero-order valence-corrected chi connectivity index (χ0v) is 10.3. The summed E-state index contributed by atoms with van der Waals surface area (Å²) in [6.07, 6.45) is 1.37. The standard InChI is InChI=1S/C14H18N2O2/c15-8-10-5-6-16(9-10)14(17)13-7-11-3-1-2-4-12(11)18-13/h1-4,10,13H,5-9,15H2. The molecule has 0 aliphatic carbocycles. The Morgan fingerprint density at radius 2 is 2.28 bits per heavy atom. The van der Waals surface area contributed by atoms with Gasteiger partial charge in [-0.15, -0.1) is 0 Å². The van der Waals surface area contributed by atoms with Crippen LogP contribution in [0.4, 0.5) is 0 Å². The first kappa shape index (κ1) is 11.5. The highest BCUT2D eigenvalue weighted by molar-refractivity contribution is 5.82. The number of carbonyl (C=O) groups excluding carboxylic acids is 1. The SMILES string of the molecule is NCC1CCN(C(=O)C2Cc3ccccc3O2)C1. The molecule has 0 bridgehead atoms. The van der Waals surface area contributed by atoms with Gasteiger partial charge in [0.15, 0.2) is 6.10 Å². The molecule has 2 aliphatic heterocycles. The van der Waals surface area contributed by atoms with Crippen molar-refractivity contribution in [2.75, 3.05) is 19.6 Å². The van der Waals surface area contributed by atoms with Crippen molar-refractivity contribution in [2.45, 2.75) is 18.9 Å². The Morgan fingerprint density at radius 1 is 1.44 bits per heavy atom. The molecule has 4 heteroatoms. The van der Waals surface area contributed by atoms with Crippen molar-refractivity contribution < 1.29 is 9.53 Å². The van der Waals surface area contributed by atoms with Crippen LogP contribution in [0.2, 0.25) is 0 Å². The lowest BCUT2D eigenvalue weighted by atomic mass is 10.1. The molecule has 4 nitrogen and oxygen atoms in total. The van der Waals surface area contributed by atoms with Gasteiger partial charge >= 0.3 is 0 Å². The fraction of sp³-hybridized carbons (Fsp3) is 0.500. The minimum atomic E-state index is -0.334. The number of amides is 1. The van der Waals surface area contributed by atoms with Gasteiger partial charge in [0.2, 0.25) is 0 Å². The van der Waals surface area contributed by atoms with E-state index in [-0.39, 0.29) is 12.0 Å². The maximum atomic E-state index is 12.3. The minimum Gasteiger partial charge on any atom is -0.480 e. The highest BCUT2D eigenvalue weighted by Gasteiger charge is 2.35. The highest BCUT2D eigenvalue weighted by Crippen LogP contribution is 2.29. The number of nitrogens with zero attached hydrogens (tertiary/aromatic N) is 1. The quantitative estimate of drug-likeness (QED) is 0.839. The van der Waals surface area contributed by atoms with Crippen molar-refractivity contribution in [3.63, 3.8) is 0 Å². The Morgan fingerprint density at radius 3 is 3.00 bits per heavy atom. The molecule has 2 heterocycles. The highest BCUT2D eigenvalue weighted by atomic mass is 16.5. The van der Waals surface area contributed by atoms with Gasteiger partial charge < -0.3 is 15.4 Å². The molecule has 0 radical (unpaired) electrons. The number of carbonyl (C=O) groups is 1. The zero-order valence-electron chi connectivity index (χ0n) is 10.3. The second-order valence-corrected chi connectivity index (χ2v) is 5.09. The smallest absolute Gasteiger partial charge is 0.264 e. The molecule has 0 spiro atoms. The Labute approximate surface area is 107 Å². The first-order valence-electron chi connectivity index (χ1n) is 6.51. The van der Waals surface area contributed by atoms with Gasteiger partial charge in [-0.2, -0.15) is 0 Å². The lowest BCUT2D eigenvalue weighted by molar-refractivity contribution is -0.136. The molecule has 1 saturated heterocycles. The molecule has 18 heavy (non-hydrogen) atoms. The van der Waals surface area contributed by atoms with E-state index in [1.807, 2.05) is 29.2 Å². The second-order valence-electron chi connectivity index (χ2n) is 5.09. The molecule has 1 amide bonds. The summed E-state index contributed by atoms with van der Waals surface area (Å²) in [5, 5.41) is 0. The fourth-order valence-electron chi connectivity index (χ4n) is 2.75. The van der Waals surface area contributed by atoms with E-state index in [2.05, 4.69) is 0 Å². The Hall–Kier alpha value is -1.55. The summed E-state index contributed by atoms with van der Waals surface area (Å²) >= 11 is 0. The van der Waals surface area contributed by atoms with Gasteiger partial charge in [-0.3, -0.25) is 4.79 Å². The number of fused-ring (bicyclic) bond motifs is 1. The molecule has 2 N–H and O–H groups in total. The molecule has 96 valence electrons. The third-order valence-electron chi connectivity index (χ3n) is 3.85. The van der Waals surface area contributed by atoms with Gasteiger partial charge in [-0.1, -0.05) is 18.2 Å². The summed E-state index contributed by atoms with van der Waals surface area (Å²) < 4.78 is 5.73. The van der Waals surface area contributed by atoms with Crippen LogP contribution >= 0.6 is 0 Å². The molecule has 1 fully saturated rings. The van der Waals surface area contributed by atoms with Crippen molar-refractivity contribution >= 4 is 5.91 Å². The third-order valence-corrected chi connectivity index (χ3v) is 3.85. The van der Waals surface area contributed by atoms with Crippen LogP contribution in [0, 0.1) is 5.92 Å². The summed E-state index contributed by atoms with van der Waals surface area (Å²) in [4.78, 5) is 14.2. The molecule has 2 unspecified atom stereocenters. The summed E-state index contributed by atoms with van der Waals surface area (Å²) in [5.74, 6) is 1.42. The monoisotopic (exact) mass is 246 g/mol. The Bertz CT molecular complexity index is 436. The van der Waals surface area contributed by atoms with E-state index in [1.54, 1.807) is 0 Å². The van der Waals surface area contributed by atoms with Gasteiger partial charge in [0.25, 0.3) is 5.91 Å². The number of para-hydroxylation sites is 1. The normalized spacial score (nSPS) is 25.9. The van der Waals surface area contributed by atoms with Gasteiger partial charge in [-0.05, 0) is 30.5 Å². The van der Waals surface area contributed by atoms with Crippen LogP contribution in [0.5, 0.6) is 5.75 Å². The first-order valence-corrected chi connectivity index (χ1v) is 6.51. The minimum absolute atomic E-state index is 0.113. The van der Waals surface area contributed by atoms with Crippen LogP contribution in [-0.2, 0) is 11.2 Å². The van der Waals surface area contributed by atoms with Crippen molar-refractivity contribution in [3.05, 3.63) is 29.8 Å². The van der Waals surface area contributed by atoms with Gasteiger partial charge in [0, 0.05) is 19.5 Å². The van der Waals surface area contributed by atoms with Crippen LogP contribution in [0.3, 0.4) is 0 Å². The number of hydrogen-bond donors (Lipinski definition) is 1. The molecule has 2 aliphatic rings. The maximum Gasteiger partial charge on any atom is 0.264 e. The number of hydrogen-bond acceptors (Lipinski definition) is 3. The van der Waals surface area contributed by atoms with Crippen LogP contribution in [0.1, 0.15) is 12.0 Å². The van der Waals surface area contributed by atoms with E-state index in [4.69, 9.17) is 10.5 Å². The number of likely N-dealkylation sites (tertiary alicyclic amines) is 1. The van der Waals surface area contributed by atoms with Crippen LogP contribution in [-0.4, -0.2) is 36.5 Å². The average Bonchev–Trinajstić information content (AvgIpc) is 3.04. The fourth-order valence-corrected chi connectivity index (χ4v) is 2.75. The molecular weight excluding hydrogens is 228 g/mol. The Kier molecular flexibility index (Phi) is 2.96. The number of ether oxygens (including phenoxy) is 1. The van der Waals surface area contributed by atoms with Gasteiger partial charge in [0.05, 0.1) is 0 Å². The van der Waals surface area contributed by atoms with Crippen molar-refractivity contribution in [1.29, 1.82) is 0 Å². The summed E-state index contributed by atoms with van der Waals surface area (Å²) in [5.41, 5.74) is 6.78. The van der Waals surface area contributed by atoms with Gasteiger partial charge in [0.1, 0.15) is 5.75 Å². The van der Waals surface area contributed by atoms with E-state index < -0.39 is 0 Å². The third kappa shape index (κ3) is 1.97. The van der Waals surface area contributed by atoms with Crippen LogP contribution in [0.15, 0.2) is 24.3 Å².